The third-order valence-corrected chi connectivity index (χ3v) is 6.14. The number of benzene rings is 1. The largest absolute Gasteiger partial charge is 0.494 e. The summed E-state index contributed by atoms with van der Waals surface area (Å²) in [6, 6.07) is 8.70. The topological polar surface area (TPSA) is 84.5 Å². The minimum absolute atomic E-state index is 0.0924. The van der Waals surface area contributed by atoms with Gasteiger partial charge in [0.1, 0.15) is 11.5 Å². The molecule has 0 amide bonds. The molecule has 0 aliphatic carbocycles. The summed E-state index contributed by atoms with van der Waals surface area (Å²) in [6.07, 6.45) is 7.54. The van der Waals surface area contributed by atoms with E-state index in [2.05, 4.69) is 49.6 Å². The van der Waals surface area contributed by atoms with Crippen molar-refractivity contribution in [2.45, 2.75) is 38.8 Å². The van der Waals surface area contributed by atoms with Crippen LogP contribution in [-0.4, -0.2) is 59.3 Å². The predicted molar refractivity (Wildman–Crippen MR) is 133 cm³/mol. The zero-order valence-corrected chi connectivity index (χ0v) is 20.6. The van der Waals surface area contributed by atoms with Gasteiger partial charge in [0.05, 0.1) is 32.6 Å². The number of rotatable bonds is 10. The van der Waals surface area contributed by atoms with Crippen molar-refractivity contribution in [2.75, 3.05) is 38.7 Å². The Kier molecular flexibility index (Phi) is 8.13. The molecule has 0 bridgehead atoms. The molecular formula is C25H32ClN5O3. The van der Waals surface area contributed by atoms with Crippen LogP contribution in [0.2, 0.25) is 5.28 Å². The van der Waals surface area contributed by atoms with Crippen LogP contribution >= 0.6 is 11.6 Å². The number of halogens is 1. The Bertz CT molecular complexity index is 1030. The molecule has 1 aliphatic heterocycles. The summed E-state index contributed by atoms with van der Waals surface area (Å²) in [5, 5.41) is 3.69. The molecule has 1 unspecified atom stereocenters. The fraction of sp³-hybridized carbons (Fsp3) is 0.440. The summed E-state index contributed by atoms with van der Waals surface area (Å²) in [6.45, 7) is 7.03. The molecule has 1 atom stereocenters. The fourth-order valence-electron chi connectivity index (χ4n) is 4.47. The number of piperidine rings is 1. The first kappa shape index (κ1) is 24.2. The highest BCUT2D eigenvalue weighted by Crippen LogP contribution is 2.36. The number of aromatic nitrogens is 3. The summed E-state index contributed by atoms with van der Waals surface area (Å²) >= 11 is 6.00. The first-order valence-electron chi connectivity index (χ1n) is 11.7. The van der Waals surface area contributed by atoms with Gasteiger partial charge in [-0.1, -0.05) is 0 Å². The molecule has 8 nitrogen and oxygen atoms in total. The normalized spacial score (nSPS) is 15.6. The van der Waals surface area contributed by atoms with Crippen molar-refractivity contribution in [1.82, 2.24) is 19.9 Å². The van der Waals surface area contributed by atoms with Gasteiger partial charge in [0, 0.05) is 37.6 Å². The van der Waals surface area contributed by atoms with E-state index in [1.807, 2.05) is 26.1 Å². The van der Waals surface area contributed by atoms with Gasteiger partial charge >= 0.3 is 0 Å². The number of aromatic amines is 1. The van der Waals surface area contributed by atoms with Crippen molar-refractivity contribution in [3.8, 4) is 17.2 Å². The Morgan fingerprint density at radius 2 is 1.82 bits per heavy atom. The van der Waals surface area contributed by atoms with Crippen LogP contribution < -0.4 is 19.5 Å². The van der Waals surface area contributed by atoms with Crippen LogP contribution in [0.4, 0.5) is 5.82 Å². The Morgan fingerprint density at radius 3 is 2.41 bits per heavy atom. The van der Waals surface area contributed by atoms with Gasteiger partial charge in [0.15, 0.2) is 11.6 Å². The molecule has 2 aromatic heterocycles. The molecule has 3 heterocycles. The Balaban J connectivity index is 1.54. The van der Waals surface area contributed by atoms with E-state index < -0.39 is 0 Å². The number of nitrogens with one attached hydrogen (secondary N) is 2. The van der Waals surface area contributed by atoms with Gasteiger partial charge in [0.2, 0.25) is 5.28 Å². The molecule has 34 heavy (non-hydrogen) atoms. The number of hydrogen-bond donors (Lipinski definition) is 2. The molecule has 1 fully saturated rings. The van der Waals surface area contributed by atoms with Gasteiger partial charge in [-0.05, 0) is 67.6 Å². The van der Waals surface area contributed by atoms with Crippen LogP contribution in [0.1, 0.15) is 43.9 Å². The molecule has 1 saturated heterocycles. The highest BCUT2D eigenvalue weighted by atomic mass is 35.5. The van der Waals surface area contributed by atoms with E-state index in [0.29, 0.717) is 24.8 Å². The van der Waals surface area contributed by atoms with E-state index >= 15 is 0 Å². The number of ether oxygens (including phenoxy) is 3. The van der Waals surface area contributed by atoms with Crippen LogP contribution in [0.3, 0.4) is 0 Å². The third kappa shape index (κ3) is 5.74. The van der Waals surface area contributed by atoms with Crippen molar-refractivity contribution >= 4 is 17.4 Å². The number of anilines is 1. The minimum atomic E-state index is 0.0924. The maximum absolute atomic E-state index is 6.00. The van der Waals surface area contributed by atoms with Gasteiger partial charge in [0.25, 0.3) is 0 Å². The molecule has 182 valence electrons. The van der Waals surface area contributed by atoms with Gasteiger partial charge in [-0.15, -0.1) is 0 Å². The summed E-state index contributed by atoms with van der Waals surface area (Å²) in [4.78, 5) is 14.0. The molecule has 9 heteroatoms. The molecule has 1 aliphatic rings. The lowest BCUT2D eigenvalue weighted by Gasteiger charge is -2.38. The lowest BCUT2D eigenvalue weighted by molar-refractivity contribution is 0.179. The predicted octanol–water partition coefficient (Wildman–Crippen LogP) is 4.93. The summed E-state index contributed by atoms with van der Waals surface area (Å²) in [5.41, 5.74) is 2.37. The molecule has 2 N–H and O–H groups in total. The standard InChI is InChI=1S/C25H32ClN5O3/c1-4-33-20-12-18(13-21(14-20)34-5-2)23(17-6-9-27-15-17)31-10-7-19(8-11-31)29-24-22(32-3)16-28-25(26)30-24/h6,9,12-16,19,23,27H,4-5,7-8,10-11H2,1-3H3,(H,28,29,30). The average molecular weight is 486 g/mol. The van der Waals surface area contributed by atoms with E-state index in [1.165, 1.54) is 5.56 Å². The SMILES string of the molecule is CCOc1cc(OCC)cc(C(c2cc[nH]c2)N2CCC(Nc3nc(Cl)ncc3OC)CC2)c1. The van der Waals surface area contributed by atoms with Crippen molar-refractivity contribution in [1.29, 1.82) is 0 Å². The number of methoxy groups -OCH3 is 1. The van der Waals surface area contributed by atoms with Crippen molar-refractivity contribution in [3.05, 3.63) is 59.3 Å². The lowest BCUT2D eigenvalue weighted by atomic mass is 9.95. The second-order valence-corrected chi connectivity index (χ2v) is 8.50. The quantitative estimate of drug-likeness (QED) is 0.394. The number of likely N-dealkylation sites (tertiary alicyclic amines) is 1. The monoisotopic (exact) mass is 485 g/mol. The zero-order chi connectivity index (χ0) is 23.9. The maximum atomic E-state index is 6.00. The van der Waals surface area contributed by atoms with Gasteiger partial charge < -0.3 is 24.5 Å². The first-order chi connectivity index (χ1) is 16.6. The van der Waals surface area contributed by atoms with Gasteiger partial charge in [-0.3, -0.25) is 4.90 Å². The van der Waals surface area contributed by atoms with Crippen LogP contribution in [0.25, 0.3) is 0 Å². The maximum Gasteiger partial charge on any atom is 0.224 e. The average Bonchev–Trinajstić information content (AvgIpc) is 3.35. The molecule has 0 spiro atoms. The number of nitrogens with zero attached hydrogens (tertiary/aromatic N) is 3. The van der Waals surface area contributed by atoms with Crippen molar-refractivity contribution < 1.29 is 14.2 Å². The second-order valence-electron chi connectivity index (χ2n) is 8.16. The van der Waals surface area contributed by atoms with Gasteiger partial charge in [-0.2, -0.15) is 4.98 Å². The molecule has 0 saturated carbocycles. The summed E-state index contributed by atoms with van der Waals surface area (Å²) < 4.78 is 17.1. The molecule has 4 rings (SSSR count). The van der Waals surface area contributed by atoms with E-state index in [1.54, 1.807) is 13.3 Å². The highest BCUT2D eigenvalue weighted by Gasteiger charge is 2.29. The third-order valence-electron chi connectivity index (χ3n) is 5.96. The second kappa shape index (κ2) is 11.4. The summed E-state index contributed by atoms with van der Waals surface area (Å²) in [5.74, 6) is 2.88. The summed E-state index contributed by atoms with van der Waals surface area (Å²) in [7, 11) is 1.61. The van der Waals surface area contributed by atoms with Crippen LogP contribution in [0.5, 0.6) is 17.2 Å². The molecule has 1 aromatic carbocycles. The van der Waals surface area contributed by atoms with Crippen molar-refractivity contribution in [2.24, 2.45) is 0 Å². The molecule has 3 aromatic rings. The van der Waals surface area contributed by atoms with E-state index in [4.69, 9.17) is 25.8 Å². The lowest BCUT2D eigenvalue weighted by Crippen LogP contribution is -2.41. The smallest absolute Gasteiger partial charge is 0.224 e. The Labute approximate surface area is 205 Å². The van der Waals surface area contributed by atoms with E-state index in [0.717, 1.165) is 43.0 Å². The zero-order valence-electron chi connectivity index (χ0n) is 19.9. The Morgan fingerprint density at radius 1 is 1.12 bits per heavy atom. The van der Waals surface area contributed by atoms with Gasteiger partial charge in [-0.25, -0.2) is 4.98 Å². The number of hydrogen-bond acceptors (Lipinski definition) is 7. The molecule has 0 radical (unpaired) electrons. The van der Waals surface area contributed by atoms with E-state index in [-0.39, 0.29) is 17.4 Å². The number of H-pyrrole nitrogens is 1. The van der Waals surface area contributed by atoms with Crippen LogP contribution in [0.15, 0.2) is 42.9 Å². The molecular weight excluding hydrogens is 454 g/mol. The van der Waals surface area contributed by atoms with Crippen LogP contribution in [0, 0.1) is 0 Å². The Hall–Kier alpha value is -2.97. The van der Waals surface area contributed by atoms with E-state index in [9.17, 15) is 0 Å². The van der Waals surface area contributed by atoms with Crippen molar-refractivity contribution in [3.63, 3.8) is 0 Å². The fourth-order valence-corrected chi connectivity index (χ4v) is 4.60. The highest BCUT2D eigenvalue weighted by molar-refractivity contribution is 6.28. The van der Waals surface area contributed by atoms with Crippen LogP contribution in [-0.2, 0) is 0 Å². The minimum Gasteiger partial charge on any atom is -0.494 e. The first-order valence-corrected chi connectivity index (χ1v) is 12.1.